The zero-order valence-corrected chi connectivity index (χ0v) is 12.8. The van der Waals surface area contributed by atoms with Crippen LogP contribution in [0, 0.1) is 0 Å². The van der Waals surface area contributed by atoms with Crippen molar-refractivity contribution in [3.05, 3.63) is 23.9 Å². The van der Waals surface area contributed by atoms with E-state index in [4.69, 9.17) is 4.74 Å². The van der Waals surface area contributed by atoms with Gasteiger partial charge >= 0.3 is 6.03 Å². The molecule has 0 spiro atoms. The maximum Gasteiger partial charge on any atom is 0.321 e. The molecule has 1 aromatic heterocycles. The van der Waals surface area contributed by atoms with E-state index in [-0.39, 0.29) is 6.10 Å². The van der Waals surface area contributed by atoms with E-state index in [0.29, 0.717) is 12.4 Å². The number of ether oxygens (including phenoxy) is 1. The molecule has 0 aliphatic rings. The van der Waals surface area contributed by atoms with Gasteiger partial charge < -0.3 is 15.4 Å². The Morgan fingerprint density at radius 1 is 1.33 bits per heavy atom. The van der Waals surface area contributed by atoms with Crippen molar-refractivity contribution in [2.75, 3.05) is 7.05 Å². The highest BCUT2D eigenvalue weighted by Gasteiger charge is 2.15. The van der Waals surface area contributed by atoms with E-state index in [2.05, 4.69) is 20.9 Å². The van der Waals surface area contributed by atoms with E-state index in [1.807, 2.05) is 19.9 Å². The summed E-state index contributed by atoms with van der Waals surface area (Å²) >= 11 is 0. The maximum absolute atomic E-state index is 11.7. The Labute approximate surface area is 124 Å². The Balaban J connectivity index is 2.58. The van der Waals surface area contributed by atoms with Gasteiger partial charge in [0.1, 0.15) is 0 Å². The van der Waals surface area contributed by atoms with Gasteiger partial charge in [0.05, 0.1) is 12.1 Å². The number of pyridine rings is 1. The fraction of sp³-hybridized carbons (Fsp3) is 0.500. The molecule has 1 rings (SSSR count). The van der Waals surface area contributed by atoms with Gasteiger partial charge in [-0.25, -0.2) is 9.78 Å². The molecule has 21 heavy (non-hydrogen) atoms. The molecular weight excluding hydrogens is 272 g/mol. The molecule has 0 aromatic carbocycles. The lowest BCUT2D eigenvalue weighted by Crippen LogP contribution is -2.47. The van der Waals surface area contributed by atoms with Crippen LogP contribution in [0.1, 0.15) is 26.3 Å². The first kappa shape index (κ1) is 16.9. The van der Waals surface area contributed by atoms with Crippen LogP contribution in [0.2, 0.25) is 0 Å². The summed E-state index contributed by atoms with van der Waals surface area (Å²) in [6.07, 6.45) is 1.68. The van der Waals surface area contributed by atoms with Crippen LogP contribution >= 0.6 is 0 Å². The molecule has 0 aliphatic heterocycles. The summed E-state index contributed by atoms with van der Waals surface area (Å²) in [6, 6.07) is 2.63. The highest BCUT2D eigenvalue weighted by molar-refractivity contribution is 5.96. The topological polar surface area (TPSA) is 92.4 Å². The fourth-order valence-corrected chi connectivity index (χ4v) is 1.53. The molecule has 0 saturated heterocycles. The fourth-order valence-electron chi connectivity index (χ4n) is 1.53. The van der Waals surface area contributed by atoms with E-state index in [1.165, 1.54) is 7.05 Å². The van der Waals surface area contributed by atoms with Gasteiger partial charge in [0.25, 0.3) is 0 Å². The van der Waals surface area contributed by atoms with E-state index >= 15 is 0 Å². The highest BCUT2D eigenvalue weighted by Crippen LogP contribution is 2.15. The van der Waals surface area contributed by atoms with Crippen LogP contribution in [-0.4, -0.2) is 36.1 Å². The molecular formula is C14H22N4O3. The molecule has 0 radical (unpaired) electrons. The second kappa shape index (κ2) is 8.21. The van der Waals surface area contributed by atoms with Crippen molar-refractivity contribution in [2.24, 2.45) is 0 Å². The summed E-state index contributed by atoms with van der Waals surface area (Å²) < 4.78 is 5.60. The zero-order chi connectivity index (χ0) is 15.8. The lowest BCUT2D eigenvalue weighted by Gasteiger charge is -2.16. The van der Waals surface area contributed by atoms with Crippen molar-refractivity contribution in [1.29, 1.82) is 0 Å². The highest BCUT2D eigenvalue weighted by atomic mass is 16.5. The van der Waals surface area contributed by atoms with E-state index in [1.54, 1.807) is 19.2 Å². The van der Waals surface area contributed by atoms with Gasteiger partial charge in [0, 0.05) is 25.4 Å². The van der Waals surface area contributed by atoms with Gasteiger partial charge in [-0.1, -0.05) is 6.07 Å². The number of nitrogens with zero attached hydrogens (tertiary/aromatic N) is 1. The van der Waals surface area contributed by atoms with Crippen LogP contribution in [0.4, 0.5) is 4.79 Å². The summed E-state index contributed by atoms with van der Waals surface area (Å²) in [5.41, 5.74) is 0.853. The molecule has 0 fully saturated rings. The average Bonchev–Trinajstić information content (AvgIpc) is 2.45. The van der Waals surface area contributed by atoms with Crippen LogP contribution in [0.3, 0.4) is 0 Å². The number of carbonyl (C=O) groups is 2. The second-order valence-corrected chi connectivity index (χ2v) is 4.81. The molecule has 1 unspecified atom stereocenters. The van der Waals surface area contributed by atoms with Crippen LogP contribution in [0.5, 0.6) is 5.88 Å². The number of rotatable bonds is 6. The predicted molar refractivity (Wildman–Crippen MR) is 78.9 cm³/mol. The quantitative estimate of drug-likeness (QED) is 0.722. The maximum atomic E-state index is 11.7. The SMILES string of the molecule is CNC(=O)NC(=O)C(C)NCc1cccnc1OC(C)C. The number of carbonyl (C=O) groups excluding carboxylic acids is 2. The lowest BCUT2D eigenvalue weighted by molar-refractivity contribution is -0.121. The molecule has 3 amide bonds. The number of amides is 3. The summed E-state index contributed by atoms with van der Waals surface area (Å²) in [4.78, 5) is 27.0. The first-order valence-corrected chi connectivity index (χ1v) is 6.80. The van der Waals surface area contributed by atoms with Gasteiger partial charge in [-0.05, 0) is 26.8 Å². The molecule has 1 heterocycles. The third kappa shape index (κ3) is 5.78. The summed E-state index contributed by atoms with van der Waals surface area (Å²) in [6.45, 7) is 5.94. The van der Waals surface area contributed by atoms with Crippen molar-refractivity contribution < 1.29 is 14.3 Å². The normalized spacial score (nSPS) is 11.9. The van der Waals surface area contributed by atoms with E-state index < -0.39 is 18.0 Å². The summed E-state index contributed by atoms with van der Waals surface area (Å²) in [5.74, 6) is 0.142. The molecule has 1 aromatic rings. The largest absolute Gasteiger partial charge is 0.475 e. The van der Waals surface area contributed by atoms with Crippen molar-refractivity contribution >= 4 is 11.9 Å². The van der Waals surface area contributed by atoms with Gasteiger partial charge in [-0.3, -0.25) is 10.1 Å². The third-order valence-corrected chi connectivity index (χ3v) is 2.65. The van der Waals surface area contributed by atoms with Gasteiger partial charge in [0.2, 0.25) is 11.8 Å². The molecule has 0 saturated carbocycles. The number of hydrogen-bond acceptors (Lipinski definition) is 5. The van der Waals surface area contributed by atoms with Crippen molar-refractivity contribution in [3.63, 3.8) is 0 Å². The van der Waals surface area contributed by atoms with Crippen LogP contribution in [0.25, 0.3) is 0 Å². The molecule has 0 bridgehead atoms. The van der Waals surface area contributed by atoms with Crippen LogP contribution < -0.4 is 20.7 Å². The van der Waals surface area contributed by atoms with Crippen molar-refractivity contribution in [3.8, 4) is 5.88 Å². The predicted octanol–water partition coefficient (Wildman–Crippen LogP) is 0.802. The Morgan fingerprint density at radius 3 is 2.67 bits per heavy atom. The number of hydrogen-bond donors (Lipinski definition) is 3. The molecule has 0 aliphatic carbocycles. The van der Waals surface area contributed by atoms with E-state index in [0.717, 1.165) is 5.56 Å². The Kier molecular flexibility index (Phi) is 6.61. The number of imide groups is 1. The number of nitrogens with one attached hydrogen (secondary N) is 3. The monoisotopic (exact) mass is 294 g/mol. The zero-order valence-electron chi connectivity index (χ0n) is 12.8. The Hall–Kier alpha value is -2.15. The molecule has 116 valence electrons. The Morgan fingerprint density at radius 2 is 2.05 bits per heavy atom. The second-order valence-electron chi connectivity index (χ2n) is 4.81. The van der Waals surface area contributed by atoms with E-state index in [9.17, 15) is 9.59 Å². The smallest absolute Gasteiger partial charge is 0.321 e. The Bertz CT molecular complexity index is 491. The minimum atomic E-state index is -0.529. The average molecular weight is 294 g/mol. The van der Waals surface area contributed by atoms with Gasteiger partial charge in [-0.2, -0.15) is 0 Å². The summed E-state index contributed by atoms with van der Waals surface area (Å²) in [7, 11) is 1.45. The molecule has 7 heteroatoms. The van der Waals surface area contributed by atoms with Crippen LogP contribution in [0.15, 0.2) is 18.3 Å². The van der Waals surface area contributed by atoms with Crippen LogP contribution in [-0.2, 0) is 11.3 Å². The number of urea groups is 1. The van der Waals surface area contributed by atoms with Gasteiger partial charge in [0.15, 0.2) is 0 Å². The first-order chi connectivity index (χ1) is 9.93. The molecule has 7 nitrogen and oxygen atoms in total. The first-order valence-electron chi connectivity index (χ1n) is 6.80. The molecule has 3 N–H and O–H groups in total. The number of aromatic nitrogens is 1. The lowest BCUT2D eigenvalue weighted by atomic mass is 10.2. The summed E-state index contributed by atoms with van der Waals surface area (Å²) in [5, 5.41) is 7.57. The standard InChI is InChI=1S/C14H22N4O3/c1-9(2)21-13-11(6-5-7-16-13)8-17-10(3)12(19)18-14(20)15-4/h5-7,9-10,17H,8H2,1-4H3,(H2,15,18,19,20). The molecule has 1 atom stereocenters. The van der Waals surface area contributed by atoms with Crippen molar-refractivity contribution in [1.82, 2.24) is 20.9 Å². The van der Waals surface area contributed by atoms with Gasteiger partial charge in [-0.15, -0.1) is 0 Å². The minimum absolute atomic E-state index is 0.0209. The third-order valence-electron chi connectivity index (χ3n) is 2.65. The van der Waals surface area contributed by atoms with Crippen molar-refractivity contribution in [2.45, 2.75) is 39.5 Å². The minimum Gasteiger partial charge on any atom is -0.475 e.